The third kappa shape index (κ3) is 6.22. The second-order valence-electron chi connectivity index (χ2n) is 9.10. The molecule has 1 atom stereocenters. The number of nitrogens with zero attached hydrogens (tertiary/aromatic N) is 4. The number of benzene rings is 1. The van der Waals surface area contributed by atoms with Crippen LogP contribution >= 0.6 is 0 Å². The zero-order chi connectivity index (χ0) is 24.2. The van der Waals surface area contributed by atoms with Crippen molar-refractivity contribution in [1.82, 2.24) is 14.7 Å². The van der Waals surface area contributed by atoms with E-state index < -0.39 is 11.5 Å². The highest BCUT2D eigenvalue weighted by Gasteiger charge is 2.32. The fourth-order valence-electron chi connectivity index (χ4n) is 3.87. The van der Waals surface area contributed by atoms with E-state index in [2.05, 4.69) is 16.5 Å². The molecule has 0 bridgehead atoms. The van der Waals surface area contributed by atoms with Crippen molar-refractivity contribution in [3.05, 3.63) is 41.8 Å². The van der Waals surface area contributed by atoms with Gasteiger partial charge in [-0.15, -0.1) is 0 Å². The molecule has 33 heavy (non-hydrogen) atoms. The summed E-state index contributed by atoms with van der Waals surface area (Å²) < 4.78 is 20.3. The molecule has 1 saturated heterocycles. The number of hydrogen-bond donors (Lipinski definition) is 2. The standard InChI is InChI=1S/C23H29FN6O3/c1-23(2,3)33-22(32)29-12-9-15(10-13-29)19(8-11-25)30-14-18(20(26)31)21(28-30)27-17-6-4-16(24)5-7-17/h4-7,14-15,19H,8-10,12-13H2,1-3H3,(H2,26,31)(H,27,28). The van der Waals surface area contributed by atoms with E-state index in [1.807, 2.05) is 20.8 Å². The first-order valence-corrected chi connectivity index (χ1v) is 10.8. The van der Waals surface area contributed by atoms with Gasteiger partial charge in [0.25, 0.3) is 5.91 Å². The summed E-state index contributed by atoms with van der Waals surface area (Å²) in [6.45, 7) is 6.49. The number of carbonyl (C=O) groups excluding carboxylic acids is 2. The van der Waals surface area contributed by atoms with Crippen LogP contribution < -0.4 is 11.1 Å². The van der Waals surface area contributed by atoms with Crippen molar-refractivity contribution in [3.8, 4) is 6.07 Å². The Morgan fingerprint density at radius 3 is 2.48 bits per heavy atom. The van der Waals surface area contributed by atoms with Crippen LogP contribution in [0.3, 0.4) is 0 Å². The topological polar surface area (TPSA) is 126 Å². The molecule has 1 aliphatic heterocycles. The van der Waals surface area contributed by atoms with Crippen molar-refractivity contribution >= 4 is 23.5 Å². The average Bonchev–Trinajstić information content (AvgIpc) is 3.16. The molecule has 2 aromatic rings. The van der Waals surface area contributed by atoms with Crippen molar-refractivity contribution in [2.24, 2.45) is 11.7 Å². The van der Waals surface area contributed by atoms with Gasteiger partial charge < -0.3 is 20.7 Å². The van der Waals surface area contributed by atoms with Gasteiger partial charge in [0, 0.05) is 25.0 Å². The highest BCUT2D eigenvalue weighted by molar-refractivity contribution is 5.98. The second kappa shape index (κ2) is 9.90. The molecule has 1 aromatic heterocycles. The molecule has 1 fully saturated rings. The van der Waals surface area contributed by atoms with E-state index in [0.717, 1.165) is 0 Å². The molecular formula is C23H29FN6O3. The number of amides is 2. The number of ether oxygens (including phenoxy) is 1. The number of primary amides is 1. The van der Waals surface area contributed by atoms with Crippen LogP contribution in [0.1, 0.15) is 56.4 Å². The minimum absolute atomic E-state index is 0.0719. The summed E-state index contributed by atoms with van der Waals surface area (Å²) in [5.41, 5.74) is 5.70. The Morgan fingerprint density at radius 2 is 1.94 bits per heavy atom. The lowest BCUT2D eigenvalue weighted by molar-refractivity contribution is 0.0160. The predicted molar refractivity (Wildman–Crippen MR) is 120 cm³/mol. The molecule has 0 spiro atoms. The van der Waals surface area contributed by atoms with Crippen molar-refractivity contribution in [2.75, 3.05) is 18.4 Å². The van der Waals surface area contributed by atoms with Crippen molar-refractivity contribution in [2.45, 2.75) is 51.7 Å². The molecule has 0 radical (unpaired) electrons. The summed E-state index contributed by atoms with van der Waals surface area (Å²) in [6.07, 6.45) is 2.71. The quantitative estimate of drug-likeness (QED) is 0.677. The maximum absolute atomic E-state index is 13.2. The summed E-state index contributed by atoms with van der Waals surface area (Å²) in [5, 5.41) is 16.9. The number of nitriles is 1. The van der Waals surface area contributed by atoms with E-state index in [-0.39, 0.29) is 41.7 Å². The number of aromatic nitrogens is 2. The van der Waals surface area contributed by atoms with Crippen molar-refractivity contribution < 1.29 is 18.7 Å². The number of nitrogens with one attached hydrogen (secondary N) is 1. The Hall–Kier alpha value is -3.61. The summed E-state index contributed by atoms with van der Waals surface area (Å²) in [4.78, 5) is 26.0. The number of piperidine rings is 1. The fourth-order valence-corrected chi connectivity index (χ4v) is 3.87. The molecule has 0 aliphatic carbocycles. The van der Waals surface area contributed by atoms with Crippen LogP contribution in [0, 0.1) is 23.1 Å². The summed E-state index contributed by atoms with van der Waals surface area (Å²) in [7, 11) is 0. The number of nitrogens with two attached hydrogens (primary N) is 1. The minimum Gasteiger partial charge on any atom is -0.444 e. The summed E-state index contributed by atoms with van der Waals surface area (Å²) >= 11 is 0. The first kappa shape index (κ1) is 24.0. The molecule has 1 aromatic carbocycles. The number of carbonyl (C=O) groups is 2. The van der Waals surface area contributed by atoms with Crippen LogP contribution in [0.25, 0.3) is 0 Å². The smallest absolute Gasteiger partial charge is 0.410 e. The van der Waals surface area contributed by atoms with Crippen LogP contribution in [-0.4, -0.2) is 45.4 Å². The largest absolute Gasteiger partial charge is 0.444 e. The molecule has 2 amide bonds. The van der Waals surface area contributed by atoms with Gasteiger partial charge in [-0.2, -0.15) is 10.4 Å². The monoisotopic (exact) mass is 456 g/mol. The Balaban J connectivity index is 1.77. The number of anilines is 2. The number of halogens is 1. The van der Waals surface area contributed by atoms with Gasteiger partial charge in [-0.25, -0.2) is 9.18 Å². The molecule has 2 heterocycles. The van der Waals surface area contributed by atoms with Crippen molar-refractivity contribution in [1.29, 1.82) is 5.26 Å². The first-order chi connectivity index (χ1) is 15.6. The highest BCUT2D eigenvalue weighted by Crippen LogP contribution is 2.33. The van der Waals surface area contributed by atoms with E-state index in [1.54, 1.807) is 9.58 Å². The van der Waals surface area contributed by atoms with E-state index in [9.17, 15) is 19.2 Å². The predicted octanol–water partition coefficient (Wildman–Crippen LogP) is 3.97. The SMILES string of the molecule is CC(C)(C)OC(=O)N1CCC(C(CC#N)n2cc(C(N)=O)c(Nc3ccc(F)cc3)n2)CC1. The molecule has 1 unspecified atom stereocenters. The minimum atomic E-state index is -0.665. The second-order valence-corrected chi connectivity index (χ2v) is 9.10. The Kier molecular flexibility index (Phi) is 7.21. The third-order valence-corrected chi connectivity index (χ3v) is 5.48. The number of rotatable bonds is 6. The Morgan fingerprint density at radius 1 is 1.30 bits per heavy atom. The summed E-state index contributed by atoms with van der Waals surface area (Å²) in [6, 6.07) is 7.54. The summed E-state index contributed by atoms with van der Waals surface area (Å²) in [5.74, 6) is -0.736. The van der Waals surface area contributed by atoms with Crippen LogP contribution in [0.4, 0.5) is 20.7 Å². The van der Waals surface area contributed by atoms with Gasteiger partial charge in [-0.1, -0.05) is 0 Å². The molecule has 176 valence electrons. The van der Waals surface area contributed by atoms with E-state index in [0.29, 0.717) is 31.6 Å². The van der Waals surface area contributed by atoms with Gasteiger partial charge in [0.2, 0.25) is 0 Å². The van der Waals surface area contributed by atoms with Crippen molar-refractivity contribution in [3.63, 3.8) is 0 Å². The molecule has 1 aliphatic rings. The average molecular weight is 457 g/mol. The first-order valence-electron chi connectivity index (χ1n) is 10.8. The highest BCUT2D eigenvalue weighted by atomic mass is 19.1. The van der Waals surface area contributed by atoms with Gasteiger partial charge >= 0.3 is 6.09 Å². The number of likely N-dealkylation sites (tertiary alicyclic amines) is 1. The zero-order valence-electron chi connectivity index (χ0n) is 19.0. The Bertz CT molecular complexity index is 1030. The van der Waals surface area contributed by atoms with Crippen LogP contribution in [0.2, 0.25) is 0 Å². The maximum Gasteiger partial charge on any atom is 0.410 e. The molecule has 0 saturated carbocycles. The van der Waals surface area contributed by atoms with Crippen LogP contribution in [0.5, 0.6) is 0 Å². The molecular weight excluding hydrogens is 427 g/mol. The lowest BCUT2D eigenvalue weighted by Crippen LogP contribution is -2.43. The van der Waals surface area contributed by atoms with E-state index >= 15 is 0 Å². The number of hydrogen-bond acceptors (Lipinski definition) is 6. The van der Waals surface area contributed by atoms with E-state index in [4.69, 9.17) is 10.5 Å². The van der Waals surface area contributed by atoms with Gasteiger partial charge in [-0.05, 0) is 63.8 Å². The van der Waals surface area contributed by atoms with Gasteiger partial charge in [0.05, 0.1) is 18.5 Å². The maximum atomic E-state index is 13.2. The lowest BCUT2D eigenvalue weighted by Gasteiger charge is -2.36. The molecule has 9 nitrogen and oxygen atoms in total. The lowest BCUT2D eigenvalue weighted by atomic mass is 9.88. The fraction of sp³-hybridized carbons (Fsp3) is 0.478. The Labute approximate surface area is 192 Å². The van der Waals surface area contributed by atoms with E-state index in [1.165, 1.54) is 30.5 Å². The van der Waals surface area contributed by atoms with Gasteiger partial charge in [-0.3, -0.25) is 9.48 Å². The molecule has 3 rings (SSSR count). The van der Waals surface area contributed by atoms with Gasteiger partial charge in [0.15, 0.2) is 5.82 Å². The van der Waals surface area contributed by atoms with Crippen LogP contribution in [-0.2, 0) is 4.74 Å². The normalized spacial score (nSPS) is 15.5. The molecule has 3 N–H and O–H groups in total. The van der Waals surface area contributed by atoms with Gasteiger partial charge in [0.1, 0.15) is 17.0 Å². The third-order valence-electron chi connectivity index (χ3n) is 5.48. The van der Waals surface area contributed by atoms with Crippen LogP contribution in [0.15, 0.2) is 30.5 Å². The molecule has 10 heteroatoms. The zero-order valence-corrected chi connectivity index (χ0v) is 19.0.